The minimum absolute atomic E-state index is 0.808. The van der Waals surface area contributed by atoms with E-state index in [9.17, 15) is 0 Å². The predicted octanol–water partition coefficient (Wildman–Crippen LogP) is 3.89. The van der Waals surface area contributed by atoms with E-state index < -0.39 is 0 Å². The van der Waals surface area contributed by atoms with Crippen molar-refractivity contribution < 1.29 is 0 Å². The van der Waals surface area contributed by atoms with Crippen LogP contribution in [0.4, 0.5) is 0 Å². The molecule has 13 heavy (non-hydrogen) atoms. The van der Waals surface area contributed by atoms with Crippen LogP contribution < -0.4 is 0 Å². The van der Waals surface area contributed by atoms with Crippen LogP contribution in [0.5, 0.6) is 0 Å². The van der Waals surface area contributed by atoms with Crippen molar-refractivity contribution >= 4 is 11.8 Å². The number of aryl methyl sites for hydroxylation is 1. The summed E-state index contributed by atoms with van der Waals surface area (Å²) < 4.78 is 0. The van der Waals surface area contributed by atoms with Gasteiger partial charge in [-0.2, -0.15) is 0 Å². The normalized spacial score (nSPS) is 18.6. The van der Waals surface area contributed by atoms with Gasteiger partial charge >= 0.3 is 0 Å². The fourth-order valence-corrected chi connectivity index (χ4v) is 2.68. The Balaban J connectivity index is 1.96. The molecule has 0 bridgehead atoms. The lowest BCUT2D eigenvalue weighted by atomic mass is 10.2. The molecule has 0 saturated heterocycles. The molecule has 0 spiro atoms. The Morgan fingerprint density at radius 3 is 2.38 bits per heavy atom. The van der Waals surface area contributed by atoms with Crippen LogP contribution in [-0.2, 0) is 0 Å². The molecule has 0 radical (unpaired) electrons. The van der Waals surface area contributed by atoms with Gasteiger partial charge in [-0.25, -0.2) is 0 Å². The topological polar surface area (TPSA) is 0 Å². The first kappa shape index (κ1) is 9.14. The zero-order valence-corrected chi connectivity index (χ0v) is 9.10. The molecule has 1 aromatic rings. The van der Waals surface area contributed by atoms with Crippen LogP contribution in [0.2, 0.25) is 0 Å². The van der Waals surface area contributed by atoms with Gasteiger partial charge in [-0.1, -0.05) is 24.6 Å². The van der Waals surface area contributed by atoms with E-state index in [-0.39, 0.29) is 0 Å². The molecule has 1 aromatic carbocycles. The van der Waals surface area contributed by atoms with E-state index >= 15 is 0 Å². The molecule has 1 aliphatic rings. The first-order valence-corrected chi connectivity index (χ1v) is 5.87. The summed E-state index contributed by atoms with van der Waals surface area (Å²) in [6.07, 6.45) is 2.89. The molecular formula is C12H16S. The monoisotopic (exact) mass is 192 g/mol. The van der Waals surface area contributed by atoms with Gasteiger partial charge in [0.15, 0.2) is 0 Å². The summed E-state index contributed by atoms with van der Waals surface area (Å²) in [4.78, 5) is 1.42. The minimum Gasteiger partial charge on any atom is -0.123 e. The lowest BCUT2D eigenvalue weighted by Gasteiger charge is -2.09. The zero-order valence-electron chi connectivity index (χ0n) is 8.29. The largest absolute Gasteiger partial charge is 0.123 e. The predicted molar refractivity (Wildman–Crippen MR) is 59.2 cm³/mol. The quantitative estimate of drug-likeness (QED) is 0.655. The lowest BCUT2D eigenvalue weighted by molar-refractivity contribution is 0.820. The molecule has 1 aliphatic carbocycles. The van der Waals surface area contributed by atoms with Crippen molar-refractivity contribution in [1.29, 1.82) is 0 Å². The van der Waals surface area contributed by atoms with Crippen molar-refractivity contribution in [1.82, 2.24) is 0 Å². The molecule has 2 rings (SSSR count). The summed E-state index contributed by atoms with van der Waals surface area (Å²) in [6.45, 7) is 4.49. The lowest BCUT2D eigenvalue weighted by Crippen LogP contribution is -1.97. The summed E-state index contributed by atoms with van der Waals surface area (Å²) in [6, 6.07) is 8.86. The molecule has 1 atom stereocenters. The van der Waals surface area contributed by atoms with E-state index in [0.29, 0.717) is 0 Å². The van der Waals surface area contributed by atoms with Crippen molar-refractivity contribution in [2.24, 2.45) is 5.92 Å². The Labute approximate surface area is 84.7 Å². The van der Waals surface area contributed by atoms with Crippen LogP contribution in [0.25, 0.3) is 0 Å². The van der Waals surface area contributed by atoms with Gasteiger partial charge in [0.1, 0.15) is 0 Å². The van der Waals surface area contributed by atoms with Crippen LogP contribution in [0, 0.1) is 12.8 Å². The van der Waals surface area contributed by atoms with Crippen LogP contribution in [0.15, 0.2) is 29.2 Å². The SMILES string of the molecule is Cc1ccc(SC(C)C2CC2)cc1. The summed E-state index contributed by atoms with van der Waals surface area (Å²) in [5, 5.41) is 0.808. The van der Waals surface area contributed by atoms with Gasteiger partial charge in [0.2, 0.25) is 0 Å². The van der Waals surface area contributed by atoms with Crippen LogP contribution in [0.1, 0.15) is 25.3 Å². The Bertz CT molecular complexity index is 272. The molecule has 0 nitrogen and oxygen atoms in total. The summed E-state index contributed by atoms with van der Waals surface area (Å²) in [7, 11) is 0. The van der Waals surface area contributed by atoms with Crippen molar-refractivity contribution in [3.8, 4) is 0 Å². The van der Waals surface area contributed by atoms with Crippen molar-refractivity contribution in [3.63, 3.8) is 0 Å². The maximum Gasteiger partial charge on any atom is 0.00943 e. The van der Waals surface area contributed by atoms with Gasteiger partial charge in [0, 0.05) is 10.1 Å². The maximum absolute atomic E-state index is 2.35. The Hall–Kier alpha value is -0.430. The third kappa shape index (κ3) is 2.50. The molecule has 0 N–H and O–H groups in total. The molecule has 1 unspecified atom stereocenters. The number of hydrogen-bond donors (Lipinski definition) is 0. The number of thioether (sulfide) groups is 1. The fraction of sp³-hybridized carbons (Fsp3) is 0.500. The summed E-state index contributed by atoms with van der Waals surface area (Å²) >= 11 is 2.02. The summed E-state index contributed by atoms with van der Waals surface area (Å²) in [5.74, 6) is 0.992. The van der Waals surface area contributed by atoms with E-state index in [1.54, 1.807) is 0 Å². The molecule has 0 heterocycles. The van der Waals surface area contributed by atoms with Crippen LogP contribution >= 0.6 is 11.8 Å². The first-order chi connectivity index (χ1) is 6.25. The molecule has 1 heteroatoms. The van der Waals surface area contributed by atoms with E-state index in [2.05, 4.69) is 38.1 Å². The van der Waals surface area contributed by atoms with Gasteiger partial charge in [-0.3, -0.25) is 0 Å². The van der Waals surface area contributed by atoms with Gasteiger partial charge in [-0.05, 0) is 37.8 Å². The number of hydrogen-bond acceptors (Lipinski definition) is 1. The molecule has 1 fully saturated rings. The number of benzene rings is 1. The van der Waals surface area contributed by atoms with Gasteiger partial charge < -0.3 is 0 Å². The Morgan fingerprint density at radius 2 is 1.85 bits per heavy atom. The van der Waals surface area contributed by atoms with Crippen LogP contribution in [0.3, 0.4) is 0 Å². The average molecular weight is 192 g/mol. The highest BCUT2D eigenvalue weighted by molar-refractivity contribution is 8.00. The highest BCUT2D eigenvalue weighted by Gasteiger charge is 2.28. The van der Waals surface area contributed by atoms with Crippen molar-refractivity contribution in [2.75, 3.05) is 0 Å². The van der Waals surface area contributed by atoms with E-state index in [4.69, 9.17) is 0 Å². The zero-order chi connectivity index (χ0) is 9.26. The van der Waals surface area contributed by atoms with Crippen molar-refractivity contribution in [3.05, 3.63) is 29.8 Å². The average Bonchev–Trinajstić information content (AvgIpc) is 2.91. The first-order valence-electron chi connectivity index (χ1n) is 4.99. The minimum atomic E-state index is 0.808. The second-order valence-electron chi connectivity index (χ2n) is 3.97. The Kier molecular flexibility index (Phi) is 2.63. The number of rotatable bonds is 3. The second kappa shape index (κ2) is 3.75. The molecular weight excluding hydrogens is 176 g/mol. The Morgan fingerprint density at radius 1 is 1.23 bits per heavy atom. The highest BCUT2D eigenvalue weighted by atomic mass is 32.2. The molecule has 70 valence electrons. The third-order valence-corrected chi connectivity index (χ3v) is 3.93. The molecule has 1 saturated carbocycles. The van der Waals surface area contributed by atoms with Gasteiger partial charge in [-0.15, -0.1) is 11.8 Å². The van der Waals surface area contributed by atoms with Gasteiger partial charge in [0.05, 0.1) is 0 Å². The highest BCUT2D eigenvalue weighted by Crippen LogP contribution is 2.41. The van der Waals surface area contributed by atoms with E-state index in [1.165, 1.54) is 23.3 Å². The standard InChI is InChI=1S/C12H16S/c1-9-3-7-12(8-4-9)13-10(2)11-5-6-11/h3-4,7-8,10-11H,5-6H2,1-2H3. The van der Waals surface area contributed by atoms with E-state index in [0.717, 1.165) is 11.2 Å². The van der Waals surface area contributed by atoms with Gasteiger partial charge in [0.25, 0.3) is 0 Å². The molecule has 0 aromatic heterocycles. The van der Waals surface area contributed by atoms with Crippen LogP contribution in [-0.4, -0.2) is 5.25 Å². The maximum atomic E-state index is 2.35. The third-order valence-electron chi connectivity index (χ3n) is 2.63. The van der Waals surface area contributed by atoms with Crippen molar-refractivity contribution in [2.45, 2.75) is 36.8 Å². The molecule has 0 aliphatic heterocycles. The second-order valence-corrected chi connectivity index (χ2v) is 5.42. The fourth-order valence-electron chi connectivity index (χ4n) is 1.49. The van der Waals surface area contributed by atoms with E-state index in [1.807, 2.05) is 11.8 Å². The smallest absolute Gasteiger partial charge is 0.00943 e. The molecule has 0 amide bonds. The summed E-state index contributed by atoms with van der Waals surface area (Å²) in [5.41, 5.74) is 1.35.